The topological polar surface area (TPSA) is 32.3 Å². The first-order valence-corrected chi connectivity index (χ1v) is 5.94. The van der Waals surface area contributed by atoms with Crippen molar-refractivity contribution in [3.63, 3.8) is 0 Å². The first-order chi connectivity index (χ1) is 6.46. The summed E-state index contributed by atoms with van der Waals surface area (Å²) in [5.41, 5.74) is -0.446. The summed E-state index contributed by atoms with van der Waals surface area (Å²) in [7, 11) is 0. The number of hydrogen-bond donors (Lipinski definition) is 2. The van der Waals surface area contributed by atoms with Crippen LogP contribution in [-0.2, 0) is 0 Å². The molecule has 0 saturated heterocycles. The van der Waals surface area contributed by atoms with Crippen LogP contribution in [0.3, 0.4) is 0 Å². The van der Waals surface area contributed by atoms with E-state index in [1.807, 2.05) is 0 Å². The van der Waals surface area contributed by atoms with E-state index >= 15 is 0 Å². The first-order valence-electron chi connectivity index (χ1n) is 5.94. The highest BCUT2D eigenvalue weighted by Gasteiger charge is 2.40. The van der Waals surface area contributed by atoms with Gasteiger partial charge in [0.15, 0.2) is 0 Å². The Hall–Kier alpha value is 0.270. The van der Waals surface area contributed by atoms with Gasteiger partial charge < -0.3 is 10.4 Å². The Balaban J connectivity index is 0.00000196. The van der Waals surface area contributed by atoms with Gasteiger partial charge in [0.2, 0.25) is 0 Å². The van der Waals surface area contributed by atoms with Gasteiger partial charge in [-0.15, -0.1) is 0 Å². The molecule has 1 aliphatic carbocycles. The summed E-state index contributed by atoms with van der Waals surface area (Å²) in [6, 6.07) is 0.706. The minimum absolute atomic E-state index is 0. The fraction of sp³-hybridized carbons (Fsp3) is 1.00. The molecule has 1 fully saturated rings. The zero-order chi connectivity index (χ0) is 10.8. The van der Waals surface area contributed by atoms with Gasteiger partial charge in [0, 0.05) is 12.1 Å². The summed E-state index contributed by atoms with van der Waals surface area (Å²) in [5, 5.41) is 14.0. The number of aliphatic hydroxyl groups is 1. The molecule has 0 aromatic heterocycles. The second-order valence-corrected chi connectivity index (χ2v) is 5.35. The molecule has 0 unspecified atom stereocenters. The zero-order valence-corrected chi connectivity index (χ0v) is 11.5. The maximum Gasteiger partial charge on any atom is 0.0802 e. The molecule has 0 bridgehead atoms. The molecule has 1 rings (SSSR count). The normalized spacial score (nSPS) is 21.8. The minimum Gasteiger partial charge on any atom is -0.388 e. The molecule has 1 aliphatic rings. The van der Waals surface area contributed by atoms with Crippen LogP contribution in [0, 0.1) is 5.92 Å². The lowest BCUT2D eigenvalue weighted by Crippen LogP contribution is -2.54. The van der Waals surface area contributed by atoms with E-state index < -0.39 is 5.60 Å². The lowest BCUT2D eigenvalue weighted by molar-refractivity contribution is -0.0108. The Labute approximate surface area is 101 Å². The van der Waals surface area contributed by atoms with Crippen molar-refractivity contribution >= 4 is 13.5 Å². The predicted octanol–water partition coefficient (Wildman–Crippen LogP) is 2.43. The van der Waals surface area contributed by atoms with Crippen LogP contribution in [0.15, 0.2) is 0 Å². The zero-order valence-electron chi connectivity index (χ0n) is 10.5. The summed E-state index contributed by atoms with van der Waals surface area (Å²) in [4.78, 5) is 0. The van der Waals surface area contributed by atoms with Gasteiger partial charge in [0.05, 0.1) is 5.60 Å². The minimum atomic E-state index is -0.446. The van der Waals surface area contributed by atoms with Crippen LogP contribution < -0.4 is 5.32 Å². The van der Waals surface area contributed by atoms with Crippen LogP contribution in [0.25, 0.3) is 0 Å². The predicted molar refractivity (Wildman–Crippen MR) is 70.7 cm³/mol. The second-order valence-electron chi connectivity index (χ2n) is 5.35. The third kappa shape index (κ3) is 3.97. The van der Waals surface area contributed by atoms with Crippen molar-refractivity contribution in [2.45, 2.75) is 71.1 Å². The Morgan fingerprint density at radius 3 is 1.87 bits per heavy atom. The van der Waals surface area contributed by atoms with Gasteiger partial charge >= 0.3 is 0 Å². The average Bonchev–Trinajstić information content (AvgIpc) is 2.48. The largest absolute Gasteiger partial charge is 0.388 e. The molecule has 0 spiro atoms. The summed E-state index contributed by atoms with van der Waals surface area (Å²) < 4.78 is 0. The molecule has 0 amide bonds. The number of rotatable bonds is 4. The van der Waals surface area contributed by atoms with E-state index in [2.05, 4.69) is 33.0 Å². The van der Waals surface area contributed by atoms with Crippen molar-refractivity contribution in [2.75, 3.05) is 0 Å². The molecule has 0 aromatic carbocycles. The molecule has 1 atom stereocenters. The van der Waals surface area contributed by atoms with Gasteiger partial charge in [-0.05, 0) is 18.8 Å². The molecule has 2 nitrogen and oxygen atoms in total. The molecule has 0 radical (unpaired) electrons. The smallest absolute Gasteiger partial charge is 0.0802 e. The Morgan fingerprint density at radius 1 is 1.07 bits per heavy atom. The van der Waals surface area contributed by atoms with Gasteiger partial charge in [0.25, 0.3) is 0 Å². The highest BCUT2D eigenvalue weighted by Crippen LogP contribution is 2.35. The lowest BCUT2D eigenvalue weighted by Gasteiger charge is -2.37. The molecule has 92 valence electrons. The van der Waals surface area contributed by atoms with Crippen molar-refractivity contribution in [3.05, 3.63) is 0 Å². The first kappa shape index (κ1) is 15.3. The van der Waals surface area contributed by atoms with Gasteiger partial charge in [-0.1, -0.05) is 40.5 Å². The summed E-state index contributed by atoms with van der Waals surface area (Å²) in [6.45, 7) is 8.67. The van der Waals surface area contributed by atoms with Crippen LogP contribution in [0.4, 0.5) is 0 Å². The quantitative estimate of drug-likeness (QED) is 0.781. The SMILES string of the molecule is CC(C)N[C@@H](C(C)C)C1(O)CCCC1.S. The monoisotopic (exact) mass is 233 g/mol. The van der Waals surface area contributed by atoms with Crippen LogP contribution in [0.2, 0.25) is 0 Å². The van der Waals surface area contributed by atoms with E-state index in [9.17, 15) is 5.11 Å². The third-order valence-corrected chi connectivity index (χ3v) is 3.23. The van der Waals surface area contributed by atoms with Crippen LogP contribution in [-0.4, -0.2) is 22.8 Å². The van der Waals surface area contributed by atoms with E-state index in [-0.39, 0.29) is 19.5 Å². The second kappa shape index (κ2) is 6.12. The van der Waals surface area contributed by atoms with Gasteiger partial charge in [-0.2, -0.15) is 13.5 Å². The van der Waals surface area contributed by atoms with Crippen LogP contribution in [0.5, 0.6) is 0 Å². The summed E-state index contributed by atoms with van der Waals surface area (Å²) in [5.74, 6) is 0.500. The van der Waals surface area contributed by atoms with E-state index in [0.29, 0.717) is 12.0 Å². The number of nitrogens with one attached hydrogen (secondary N) is 1. The molecule has 0 heterocycles. The van der Waals surface area contributed by atoms with Crippen molar-refractivity contribution < 1.29 is 5.11 Å². The van der Waals surface area contributed by atoms with Crippen LogP contribution in [0.1, 0.15) is 53.4 Å². The standard InChI is InChI=1S/C12H25NO.H2S/c1-9(2)11(13-10(3)4)12(14)7-5-6-8-12;/h9-11,13-14H,5-8H2,1-4H3;1H2/t11-;/m0./s1. The Bertz CT molecular complexity index is 176. The molecule has 2 N–H and O–H groups in total. The summed E-state index contributed by atoms with van der Waals surface area (Å²) in [6.07, 6.45) is 4.30. The fourth-order valence-electron chi connectivity index (χ4n) is 2.63. The third-order valence-electron chi connectivity index (χ3n) is 3.23. The van der Waals surface area contributed by atoms with E-state index in [0.717, 1.165) is 12.8 Å². The lowest BCUT2D eigenvalue weighted by atomic mass is 9.84. The van der Waals surface area contributed by atoms with Crippen molar-refractivity contribution in [1.82, 2.24) is 5.32 Å². The fourth-order valence-corrected chi connectivity index (χ4v) is 2.63. The maximum atomic E-state index is 10.5. The van der Waals surface area contributed by atoms with Gasteiger partial charge in [0.1, 0.15) is 0 Å². The molecule has 1 saturated carbocycles. The molecule has 0 aliphatic heterocycles. The molecule has 0 aromatic rings. The average molecular weight is 233 g/mol. The Kier molecular flexibility index (Phi) is 6.23. The van der Waals surface area contributed by atoms with Gasteiger partial charge in [-0.3, -0.25) is 0 Å². The van der Waals surface area contributed by atoms with Crippen molar-refractivity contribution in [3.8, 4) is 0 Å². The molecular formula is C12H27NOS. The van der Waals surface area contributed by atoms with Crippen LogP contribution >= 0.6 is 13.5 Å². The molecular weight excluding hydrogens is 206 g/mol. The highest BCUT2D eigenvalue weighted by atomic mass is 32.1. The van der Waals surface area contributed by atoms with E-state index in [4.69, 9.17) is 0 Å². The summed E-state index contributed by atoms with van der Waals surface area (Å²) >= 11 is 0. The highest BCUT2D eigenvalue weighted by molar-refractivity contribution is 7.59. The van der Waals surface area contributed by atoms with E-state index in [1.54, 1.807) is 0 Å². The van der Waals surface area contributed by atoms with Gasteiger partial charge in [-0.25, -0.2) is 0 Å². The van der Waals surface area contributed by atoms with Crippen molar-refractivity contribution in [2.24, 2.45) is 5.92 Å². The molecule has 15 heavy (non-hydrogen) atoms. The molecule has 3 heteroatoms. The van der Waals surface area contributed by atoms with Crippen molar-refractivity contribution in [1.29, 1.82) is 0 Å². The van der Waals surface area contributed by atoms with E-state index in [1.165, 1.54) is 12.8 Å². The maximum absolute atomic E-state index is 10.5. The Morgan fingerprint density at radius 2 is 1.53 bits per heavy atom. The number of hydrogen-bond acceptors (Lipinski definition) is 2.